The van der Waals surface area contributed by atoms with Crippen LogP contribution in [0, 0.1) is 12.7 Å². The molecule has 3 saturated heterocycles. The molecule has 0 unspecified atom stereocenters. The number of aryl methyl sites for hydroxylation is 1. The number of rotatable bonds is 2. The van der Waals surface area contributed by atoms with Gasteiger partial charge < -0.3 is 10.0 Å². The molecule has 2 amide bonds. The number of carbonyl (C=O) groups excluding carboxylic acids is 1. The van der Waals surface area contributed by atoms with E-state index in [4.69, 9.17) is 0 Å². The van der Waals surface area contributed by atoms with Gasteiger partial charge in [0.25, 0.3) is 0 Å². The van der Waals surface area contributed by atoms with E-state index in [0.29, 0.717) is 39.0 Å². The summed E-state index contributed by atoms with van der Waals surface area (Å²) >= 11 is 0. The number of nitrogens with zero attached hydrogens (tertiary/aromatic N) is 3. The Bertz CT molecular complexity index is 771. The van der Waals surface area contributed by atoms with Gasteiger partial charge >= 0.3 is 6.09 Å². The van der Waals surface area contributed by atoms with Crippen LogP contribution in [0.3, 0.4) is 0 Å². The van der Waals surface area contributed by atoms with Crippen molar-refractivity contribution < 1.29 is 19.1 Å². The van der Waals surface area contributed by atoms with Crippen molar-refractivity contribution in [1.29, 1.82) is 0 Å². The minimum atomic E-state index is -0.941. The van der Waals surface area contributed by atoms with Gasteiger partial charge in [-0.05, 0) is 55.9 Å². The van der Waals surface area contributed by atoms with E-state index in [2.05, 4.69) is 4.90 Å². The number of benzene rings is 1. The predicted octanol–water partition coefficient (Wildman–Crippen LogP) is 2.76. The number of halogens is 1. The highest BCUT2D eigenvalue weighted by atomic mass is 19.1. The molecule has 3 heterocycles. The topological polar surface area (TPSA) is 64.1 Å². The molecule has 146 valence electrons. The minimum absolute atomic E-state index is 0.140. The highest BCUT2D eigenvalue weighted by Crippen LogP contribution is 2.44. The molecule has 27 heavy (non-hydrogen) atoms. The van der Waals surface area contributed by atoms with E-state index in [0.717, 1.165) is 30.4 Å². The maximum absolute atomic E-state index is 13.8. The first kappa shape index (κ1) is 18.2. The van der Waals surface area contributed by atoms with Gasteiger partial charge in [-0.3, -0.25) is 14.6 Å². The molecule has 0 spiro atoms. The summed E-state index contributed by atoms with van der Waals surface area (Å²) in [6.07, 6.45) is 2.89. The lowest BCUT2D eigenvalue weighted by Gasteiger charge is -2.55. The summed E-state index contributed by atoms with van der Waals surface area (Å²) < 4.78 is 13.8. The average molecular weight is 375 g/mol. The lowest BCUT2D eigenvalue weighted by atomic mass is 9.83. The van der Waals surface area contributed by atoms with Crippen LogP contribution >= 0.6 is 0 Å². The van der Waals surface area contributed by atoms with Crippen LogP contribution in [0.1, 0.15) is 43.2 Å². The summed E-state index contributed by atoms with van der Waals surface area (Å²) in [6.45, 7) is 4.23. The molecular formula is C20H26FN3O3. The molecule has 3 aliphatic rings. The number of piperidine rings is 1. The van der Waals surface area contributed by atoms with Crippen LogP contribution in [0.25, 0.3) is 0 Å². The van der Waals surface area contributed by atoms with E-state index in [1.165, 1.54) is 12.1 Å². The van der Waals surface area contributed by atoms with Crippen LogP contribution in [-0.4, -0.2) is 64.0 Å². The molecule has 0 saturated carbocycles. The first-order valence-electron chi connectivity index (χ1n) is 9.75. The van der Waals surface area contributed by atoms with Crippen molar-refractivity contribution in [3.05, 3.63) is 35.1 Å². The van der Waals surface area contributed by atoms with E-state index in [1.54, 1.807) is 11.0 Å². The van der Waals surface area contributed by atoms with Gasteiger partial charge in [0.15, 0.2) is 0 Å². The smallest absolute Gasteiger partial charge is 0.409 e. The summed E-state index contributed by atoms with van der Waals surface area (Å²) in [5.74, 6) is -0.110. The Labute approximate surface area is 158 Å². The second-order valence-electron chi connectivity index (χ2n) is 7.89. The second-order valence-corrected chi connectivity index (χ2v) is 7.89. The molecule has 3 aliphatic heterocycles. The Kier molecular flexibility index (Phi) is 4.58. The molecule has 2 atom stereocenters. The quantitative estimate of drug-likeness (QED) is 0.863. The van der Waals surface area contributed by atoms with Crippen molar-refractivity contribution in [2.75, 3.05) is 26.2 Å². The van der Waals surface area contributed by atoms with Crippen LogP contribution in [0.5, 0.6) is 0 Å². The van der Waals surface area contributed by atoms with Crippen LogP contribution < -0.4 is 0 Å². The van der Waals surface area contributed by atoms with E-state index in [1.807, 2.05) is 11.8 Å². The zero-order valence-electron chi connectivity index (χ0n) is 15.7. The van der Waals surface area contributed by atoms with Crippen molar-refractivity contribution >= 4 is 12.0 Å². The molecule has 4 rings (SSSR count). The molecular weight excluding hydrogens is 349 g/mol. The highest BCUT2D eigenvalue weighted by Gasteiger charge is 2.51. The maximum Gasteiger partial charge on any atom is 0.409 e. The molecule has 6 nitrogen and oxygen atoms in total. The Hall–Kier alpha value is -2.15. The van der Waals surface area contributed by atoms with E-state index >= 15 is 0 Å². The van der Waals surface area contributed by atoms with Gasteiger partial charge in [0.2, 0.25) is 5.91 Å². The van der Waals surface area contributed by atoms with Gasteiger partial charge in [0.1, 0.15) is 11.5 Å². The van der Waals surface area contributed by atoms with E-state index in [9.17, 15) is 19.1 Å². The second kappa shape index (κ2) is 6.78. The highest BCUT2D eigenvalue weighted by molar-refractivity contribution is 5.79. The molecule has 0 radical (unpaired) electrons. The number of hydrogen-bond acceptors (Lipinski definition) is 3. The summed E-state index contributed by atoms with van der Waals surface area (Å²) in [5.41, 5.74) is 0.844. The number of carboxylic acid groups (broad SMARTS) is 1. The third kappa shape index (κ3) is 2.88. The van der Waals surface area contributed by atoms with Gasteiger partial charge in [0, 0.05) is 38.6 Å². The Morgan fingerprint density at radius 2 is 2.07 bits per heavy atom. The third-order valence-electron chi connectivity index (χ3n) is 6.47. The van der Waals surface area contributed by atoms with Gasteiger partial charge in [-0.15, -0.1) is 0 Å². The van der Waals surface area contributed by atoms with Crippen molar-refractivity contribution in [1.82, 2.24) is 14.7 Å². The number of likely N-dealkylation sites (tertiary alicyclic amines) is 1. The molecule has 1 N–H and O–H groups in total. The number of amides is 2. The van der Waals surface area contributed by atoms with Crippen LogP contribution in [0.4, 0.5) is 9.18 Å². The zero-order chi connectivity index (χ0) is 19.2. The lowest BCUT2D eigenvalue weighted by molar-refractivity contribution is -0.137. The van der Waals surface area contributed by atoms with Crippen molar-refractivity contribution in [2.24, 2.45) is 0 Å². The molecule has 3 fully saturated rings. The summed E-state index contributed by atoms with van der Waals surface area (Å²) in [5, 5.41) is 10.0. The van der Waals surface area contributed by atoms with Crippen LogP contribution in [0.15, 0.2) is 18.2 Å². The van der Waals surface area contributed by atoms with Crippen LogP contribution in [0.2, 0.25) is 0 Å². The molecule has 0 aliphatic carbocycles. The first-order valence-corrected chi connectivity index (χ1v) is 9.75. The fourth-order valence-corrected chi connectivity index (χ4v) is 5.27. The molecule has 1 aromatic rings. The standard InChI is InChI=1S/C20H26FN3O3/c1-14-12-15(21)4-6-17(14)20(8-2-3-9-24(20)19(26)27)22-10-11-23-16(13-22)5-7-18(23)25/h4,6,12,16H,2-3,5,7-11,13H2,1H3,(H,26,27)/t16-,20+/m0/s1. The van der Waals surface area contributed by atoms with Crippen molar-refractivity contribution in [3.8, 4) is 0 Å². The first-order chi connectivity index (χ1) is 12.9. The molecule has 7 heteroatoms. The number of carbonyl (C=O) groups is 2. The largest absolute Gasteiger partial charge is 0.465 e. The summed E-state index contributed by atoms with van der Waals surface area (Å²) in [7, 11) is 0. The normalized spacial score (nSPS) is 29.1. The monoisotopic (exact) mass is 375 g/mol. The van der Waals surface area contributed by atoms with E-state index < -0.39 is 11.8 Å². The Morgan fingerprint density at radius 1 is 1.26 bits per heavy atom. The lowest BCUT2D eigenvalue weighted by Crippen LogP contribution is -2.66. The van der Waals surface area contributed by atoms with Crippen LogP contribution in [-0.2, 0) is 10.5 Å². The van der Waals surface area contributed by atoms with Gasteiger partial charge in [-0.1, -0.05) is 6.07 Å². The number of piperazine rings is 1. The molecule has 0 aromatic heterocycles. The van der Waals surface area contributed by atoms with Gasteiger partial charge in [0.05, 0.1) is 0 Å². The Morgan fingerprint density at radius 3 is 2.81 bits per heavy atom. The fraction of sp³-hybridized carbons (Fsp3) is 0.600. The maximum atomic E-state index is 13.8. The minimum Gasteiger partial charge on any atom is -0.465 e. The number of fused-ring (bicyclic) bond motifs is 1. The predicted molar refractivity (Wildman–Crippen MR) is 97.7 cm³/mol. The summed E-state index contributed by atoms with van der Waals surface area (Å²) in [4.78, 5) is 30.0. The van der Waals surface area contributed by atoms with Crippen molar-refractivity contribution in [2.45, 2.75) is 50.7 Å². The summed E-state index contributed by atoms with van der Waals surface area (Å²) in [6, 6.07) is 4.80. The van der Waals surface area contributed by atoms with E-state index in [-0.39, 0.29) is 17.8 Å². The number of hydrogen-bond donors (Lipinski definition) is 1. The SMILES string of the molecule is Cc1cc(F)ccc1[C@@]1(N2CCN3C(=O)CC[C@H]3C2)CCCCN1C(=O)O. The van der Waals surface area contributed by atoms with Crippen molar-refractivity contribution in [3.63, 3.8) is 0 Å². The third-order valence-corrected chi connectivity index (χ3v) is 6.47. The fourth-order valence-electron chi connectivity index (χ4n) is 5.27. The molecule has 1 aromatic carbocycles. The van der Waals surface area contributed by atoms with Gasteiger partial charge in [-0.2, -0.15) is 0 Å². The Balaban J connectivity index is 1.79. The van der Waals surface area contributed by atoms with Gasteiger partial charge in [-0.25, -0.2) is 9.18 Å². The molecule has 0 bridgehead atoms. The zero-order valence-corrected chi connectivity index (χ0v) is 15.7. The average Bonchev–Trinajstić information content (AvgIpc) is 3.02.